The number of halogens is 1. The Morgan fingerprint density at radius 3 is 1.36 bits per heavy atom. The van der Waals surface area contributed by atoms with Crippen molar-refractivity contribution in [1.82, 2.24) is 0 Å². The van der Waals surface area contributed by atoms with Crippen LogP contribution in [0.3, 0.4) is 0 Å². The summed E-state index contributed by atoms with van der Waals surface area (Å²) >= 11 is 0. The van der Waals surface area contributed by atoms with Crippen molar-refractivity contribution in [3.8, 4) is 0 Å². The maximum Gasteiger partial charge on any atom is 0.492 e. The molecular formula is C19H44ClNO3Si. The first-order valence-corrected chi connectivity index (χ1v) is 12.3. The Hall–Kier alpha value is 0.347. The zero-order valence-electron chi connectivity index (χ0n) is 17.0. The second kappa shape index (κ2) is 16.5. The lowest BCUT2D eigenvalue weighted by atomic mass is 10.1. The van der Waals surface area contributed by atoms with E-state index in [1.54, 1.807) is 0 Å². The molecule has 3 N–H and O–H groups in total. The number of nitrogens with zero attached hydrogens (tertiary/aromatic N) is 1. The molecule has 0 bridgehead atoms. The van der Waals surface area contributed by atoms with Crippen molar-refractivity contribution >= 4 is 8.80 Å². The summed E-state index contributed by atoms with van der Waals surface area (Å²) in [6, 6.07) is 0.160. The van der Waals surface area contributed by atoms with Gasteiger partial charge in [0.2, 0.25) is 0 Å². The van der Waals surface area contributed by atoms with Crippen molar-refractivity contribution in [2.75, 3.05) is 27.2 Å². The topological polar surface area (TPSA) is 60.7 Å². The molecule has 0 saturated carbocycles. The summed E-state index contributed by atoms with van der Waals surface area (Å²) in [5.41, 5.74) is 0. The molecule has 0 spiro atoms. The van der Waals surface area contributed by atoms with E-state index in [4.69, 9.17) is 14.4 Å². The number of quaternary nitrogens is 1. The second-order valence-corrected chi connectivity index (χ2v) is 10.2. The van der Waals surface area contributed by atoms with Gasteiger partial charge in [0.1, 0.15) is 0 Å². The quantitative estimate of drug-likeness (QED) is 0.195. The first-order valence-electron chi connectivity index (χ1n) is 10.3. The molecule has 0 fully saturated rings. The number of unbranched alkanes of at least 4 members (excludes halogenated alkanes) is 11. The van der Waals surface area contributed by atoms with Crippen molar-refractivity contribution in [1.29, 1.82) is 0 Å². The molecule has 154 valence electrons. The van der Waals surface area contributed by atoms with Crippen LogP contribution in [0.25, 0.3) is 0 Å². The van der Waals surface area contributed by atoms with Crippen LogP contribution in [-0.2, 0) is 0 Å². The first kappa shape index (κ1) is 27.6. The zero-order valence-corrected chi connectivity index (χ0v) is 18.7. The molecule has 0 aliphatic heterocycles. The fourth-order valence-corrected chi connectivity index (χ4v) is 3.87. The summed E-state index contributed by atoms with van der Waals surface area (Å²) in [6.45, 7) is 4.30. The van der Waals surface area contributed by atoms with Gasteiger partial charge in [-0.3, -0.25) is 0 Å². The van der Waals surface area contributed by atoms with Crippen LogP contribution < -0.4 is 12.4 Å². The van der Waals surface area contributed by atoms with E-state index in [0.29, 0.717) is 6.42 Å². The van der Waals surface area contributed by atoms with Gasteiger partial charge in [0.15, 0.2) is 0 Å². The van der Waals surface area contributed by atoms with E-state index in [0.717, 1.165) is 17.6 Å². The Kier molecular flexibility index (Phi) is 18.2. The molecule has 0 amide bonds. The van der Waals surface area contributed by atoms with Gasteiger partial charge < -0.3 is 31.3 Å². The summed E-state index contributed by atoms with van der Waals surface area (Å²) in [4.78, 5) is 27.1. The Morgan fingerprint density at radius 1 is 0.600 bits per heavy atom. The van der Waals surface area contributed by atoms with Gasteiger partial charge in [-0.25, -0.2) is 0 Å². The van der Waals surface area contributed by atoms with Gasteiger partial charge in [0.25, 0.3) is 0 Å². The Labute approximate surface area is 164 Å². The van der Waals surface area contributed by atoms with Crippen molar-refractivity contribution in [3.63, 3.8) is 0 Å². The van der Waals surface area contributed by atoms with Crippen LogP contribution in [0, 0.1) is 0 Å². The van der Waals surface area contributed by atoms with Crippen molar-refractivity contribution in [3.05, 3.63) is 0 Å². The lowest BCUT2D eigenvalue weighted by Gasteiger charge is -2.30. The summed E-state index contributed by atoms with van der Waals surface area (Å²) in [5.74, 6) is 0. The molecule has 0 radical (unpaired) electrons. The van der Waals surface area contributed by atoms with Crippen LogP contribution in [0.5, 0.6) is 0 Å². The Bertz CT molecular complexity index is 286. The lowest BCUT2D eigenvalue weighted by Crippen LogP contribution is -3.00. The standard InChI is InChI=1S/C19H44NO3Si.ClH/c1-4-5-6-7-8-9-10-11-12-13-14-15-17-20(2,3)18-16-19-24(21,22)23;/h21-23H,4-19H2,1-3H3;1H/q+1;/p-1. The van der Waals surface area contributed by atoms with Gasteiger partial charge in [-0.2, -0.15) is 0 Å². The van der Waals surface area contributed by atoms with Crippen LogP contribution in [0.1, 0.15) is 90.4 Å². The first-order chi connectivity index (χ1) is 11.3. The normalized spacial score (nSPS) is 12.2. The molecule has 0 aromatic carbocycles. The minimum Gasteiger partial charge on any atom is -1.00 e. The molecule has 0 aliphatic carbocycles. The average Bonchev–Trinajstić information content (AvgIpc) is 2.46. The Morgan fingerprint density at radius 2 is 0.960 bits per heavy atom. The highest BCUT2D eigenvalue weighted by Crippen LogP contribution is 2.13. The second-order valence-electron chi connectivity index (χ2n) is 8.15. The third-order valence-electron chi connectivity index (χ3n) is 4.89. The molecule has 0 aromatic heterocycles. The van der Waals surface area contributed by atoms with Gasteiger partial charge in [-0.15, -0.1) is 0 Å². The van der Waals surface area contributed by atoms with Crippen molar-refractivity contribution in [2.24, 2.45) is 0 Å². The predicted octanol–water partition coefficient (Wildman–Crippen LogP) is 1.07. The van der Waals surface area contributed by atoms with Gasteiger partial charge in [-0.1, -0.05) is 71.1 Å². The van der Waals surface area contributed by atoms with Crippen LogP contribution in [0.15, 0.2) is 0 Å². The molecule has 0 aliphatic rings. The fourth-order valence-electron chi connectivity index (χ4n) is 3.24. The summed E-state index contributed by atoms with van der Waals surface area (Å²) in [7, 11) is 0.540. The van der Waals surface area contributed by atoms with Crippen molar-refractivity contribution in [2.45, 2.75) is 96.4 Å². The number of hydrogen-bond acceptors (Lipinski definition) is 3. The van der Waals surface area contributed by atoms with Gasteiger partial charge in [-0.05, 0) is 12.8 Å². The minimum atomic E-state index is -3.84. The van der Waals surface area contributed by atoms with E-state index in [-0.39, 0.29) is 18.5 Å². The summed E-state index contributed by atoms with van der Waals surface area (Å²) in [6.07, 6.45) is 17.2. The highest BCUT2D eigenvalue weighted by Gasteiger charge is 2.27. The van der Waals surface area contributed by atoms with E-state index in [1.807, 2.05) is 0 Å². The van der Waals surface area contributed by atoms with E-state index in [2.05, 4.69) is 21.0 Å². The van der Waals surface area contributed by atoms with Crippen LogP contribution in [0.2, 0.25) is 6.04 Å². The SMILES string of the molecule is CCCCCCCCCCCCCC[N+](C)(C)CCC[Si](O)(O)O.[Cl-]. The van der Waals surface area contributed by atoms with E-state index >= 15 is 0 Å². The number of hydrogen-bond donors (Lipinski definition) is 3. The molecule has 0 heterocycles. The lowest BCUT2D eigenvalue weighted by molar-refractivity contribution is -0.890. The predicted molar refractivity (Wildman–Crippen MR) is 105 cm³/mol. The van der Waals surface area contributed by atoms with Crippen molar-refractivity contribution < 1.29 is 31.3 Å². The number of rotatable bonds is 17. The monoisotopic (exact) mass is 397 g/mol. The summed E-state index contributed by atoms with van der Waals surface area (Å²) < 4.78 is 0.905. The molecule has 0 unspecified atom stereocenters. The molecular weight excluding hydrogens is 354 g/mol. The summed E-state index contributed by atoms with van der Waals surface area (Å²) in [5, 5.41) is 0. The molecule has 0 atom stereocenters. The largest absolute Gasteiger partial charge is 1.00 e. The smallest absolute Gasteiger partial charge is 0.492 e. The van der Waals surface area contributed by atoms with E-state index in [9.17, 15) is 0 Å². The zero-order chi connectivity index (χ0) is 18.3. The molecule has 25 heavy (non-hydrogen) atoms. The van der Waals surface area contributed by atoms with Crippen LogP contribution >= 0.6 is 0 Å². The molecule has 6 heteroatoms. The van der Waals surface area contributed by atoms with Gasteiger partial charge >= 0.3 is 8.80 Å². The minimum absolute atomic E-state index is 0. The van der Waals surface area contributed by atoms with E-state index < -0.39 is 8.80 Å². The third-order valence-corrected chi connectivity index (χ3v) is 5.92. The maximum atomic E-state index is 9.05. The van der Waals surface area contributed by atoms with Gasteiger partial charge in [0.05, 0.1) is 27.2 Å². The maximum absolute atomic E-state index is 9.05. The highest BCUT2D eigenvalue weighted by molar-refractivity contribution is 6.56. The molecule has 4 nitrogen and oxygen atoms in total. The third kappa shape index (κ3) is 22.3. The molecule has 0 saturated heterocycles. The van der Waals surface area contributed by atoms with E-state index in [1.165, 1.54) is 77.0 Å². The van der Waals surface area contributed by atoms with Crippen LogP contribution in [-0.4, -0.2) is 54.9 Å². The van der Waals surface area contributed by atoms with Gasteiger partial charge in [0, 0.05) is 12.5 Å². The average molecular weight is 398 g/mol. The molecule has 0 aromatic rings. The Balaban J connectivity index is 0. The fraction of sp³-hybridized carbons (Fsp3) is 1.00. The van der Waals surface area contributed by atoms with Crippen LogP contribution in [0.4, 0.5) is 0 Å². The molecule has 0 rings (SSSR count). The highest BCUT2D eigenvalue weighted by atomic mass is 35.5.